The molecule has 2 aromatic rings. The van der Waals surface area contributed by atoms with Crippen molar-refractivity contribution in [3.63, 3.8) is 0 Å². The van der Waals surface area contributed by atoms with Crippen molar-refractivity contribution in [2.45, 2.75) is 12.8 Å². The summed E-state index contributed by atoms with van der Waals surface area (Å²) in [6.07, 6.45) is 4.43. The third-order valence-corrected chi connectivity index (χ3v) is 2.91. The summed E-state index contributed by atoms with van der Waals surface area (Å²) in [7, 11) is 1.63. The van der Waals surface area contributed by atoms with Crippen molar-refractivity contribution in [3.05, 3.63) is 48.3 Å². The van der Waals surface area contributed by atoms with Gasteiger partial charge in [-0.2, -0.15) is 0 Å². The third kappa shape index (κ3) is 2.56. The Morgan fingerprint density at radius 3 is 2.50 bits per heavy atom. The van der Waals surface area contributed by atoms with E-state index in [-0.39, 0.29) is 5.92 Å². The monoisotopic (exact) mass is 241 g/mol. The van der Waals surface area contributed by atoms with Gasteiger partial charge in [-0.05, 0) is 41.0 Å². The van der Waals surface area contributed by atoms with E-state index in [9.17, 15) is 4.79 Å². The maximum Gasteiger partial charge on any atom is 0.127 e. The van der Waals surface area contributed by atoms with E-state index in [1.54, 1.807) is 19.5 Å². The first-order chi connectivity index (χ1) is 8.74. The highest BCUT2D eigenvalue weighted by Crippen LogP contribution is 2.28. The van der Waals surface area contributed by atoms with Crippen molar-refractivity contribution in [2.24, 2.45) is 0 Å². The second kappa shape index (κ2) is 5.45. The van der Waals surface area contributed by atoms with E-state index >= 15 is 0 Å². The number of carbonyl (C=O) groups is 1. The molecule has 0 aliphatic rings. The molecule has 1 atom stereocenters. The van der Waals surface area contributed by atoms with E-state index in [2.05, 4.69) is 4.98 Å². The van der Waals surface area contributed by atoms with Crippen LogP contribution in [0.2, 0.25) is 0 Å². The lowest BCUT2D eigenvalue weighted by Gasteiger charge is -2.11. The molecule has 3 heteroatoms. The highest BCUT2D eigenvalue weighted by atomic mass is 16.5. The molecule has 0 spiro atoms. The van der Waals surface area contributed by atoms with Gasteiger partial charge in [-0.15, -0.1) is 0 Å². The topological polar surface area (TPSA) is 39.2 Å². The molecule has 2 rings (SSSR count). The molecule has 0 aliphatic carbocycles. The van der Waals surface area contributed by atoms with Gasteiger partial charge in [0.25, 0.3) is 0 Å². The molecule has 3 nitrogen and oxygen atoms in total. The smallest absolute Gasteiger partial charge is 0.127 e. The summed E-state index contributed by atoms with van der Waals surface area (Å²) in [5.41, 5.74) is 3.04. The van der Waals surface area contributed by atoms with Crippen molar-refractivity contribution < 1.29 is 9.53 Å². The first-order valence-corrected chi connectivity index (χ1v) is 5.79. The minimum atomic E-state index is -0.138. The molecule has 1 aromatic carbocycles. The van der Waals surface area contributed by atoms with Crippen molar-refractivity contribution in [3.8, 4) is 16.9 Å². The molecule has 0 bridgehead atoms. The molecule has 18 heavy (non-hydrogen) atoms. The summed E-state index contributed by atoms with van der Waals surface area (Å²) in [5, 5.41) is 0. The number of hydrogen-bond acceptors (Lipinski definition) is 3. The fourth-order valence-electron chi connectivity index (χ4n) is 1.79. The Kier molecular flexibility index (Phi) is 3.72. The zero-order valence-electron chi connectivity index (χ0n) is 10.5. The summed E-state index contributed by atoms with van der Waals surface area (Å²) in [4.78, 5) is 14.9. The molecule has 1 heterocycles. The summed E-state index contributed by atoms with van der Waals surface area (Å²) in [6.45, 7) is 1.87. The second-order valence-electron chi connectivity index (χ2n) is 4.16. The Morgan fingerprint density at radius 2 is 1.89 bits per heavy atom. The van der Waals surface area contributed by atoms with Crippen LogP contribution in [0.3, 0.4) is 0 Å². The van der Waals surface area contributed by atoms with Gasteiger partial charge in [0.2, 0.25) is 0 Å². The molecule has 0 saturated heterocycles. The van der Waals surface area contributed by atoms with Crippen molar-refractivity contribution in [2.75, 3.05) is 7.11 Å². The summed E-state index contributed by atoms with van der Waals surface area (Å²) in [6, 6.07) is 9.73. The van der Waals surface area contributed by atoms with Crippen LogP contribution >= 0.6 is 0 Å². The van der Waals surface area contributed by atoms with E-state index in [0.29, 0.717) is 0 Å². The molecule has 1 unspecified atom stereocenters. The number of carbonyl (C=O) groups excluding carboxylic acids is 1. The number of hydrogen-bond donors (Lipinski definition) is 0. The number of aromatic nitrogens is 1. The van der Waals surface area contributed by atoms with E-state index in [1.807, 2.05) is 37.3 Å². The zero-order chi connectivity index (χ0) is 13.0. The first kappa shape index (κ1) is 12.3. The molecule has 0 N–H and O–H groups in total. The average Bonchev–Trinajstić information content (AvgIpc) is 2.46. The first-order valence-electron chi connectivity index (χ1n) is 5.79. The van der Waals surface area contributed by atoms with Crippen LogP contribution in [0.1, 0.15) is 18.4 Å². The number of methoxy groups -OCH3 is 1. The lowest BCUT2D eigenvalue weighted by molar-refractivity contribution is -0.108. The van der Waals surface area contributed by atoms with Gasteiger partial charge < -0.3 is 9.53 Å². The van der Waals surface area contributed by atoms with Crippen LogP contribution in [-0.2, 0) is 4.79 Å². The molecule has 0 fully saturated rings. The Hall–Kier alpha value is -2.16. The number of benzene rings is 1. The SMILES string of the molecule is COc1cc(-c2ccncc2)cc(C(C)C=O)c1. The van der Waals surface area contributed by atoms with Crippen LogP contribution < -0.4 is 4.74 Å². The maximum absolute atomic E-state index is 10.9. The lowest BCUT2D eigenvalue weighted by Crippen LogP contribution is -1.96. The summed E-state index contributed by atoms with van der Waals surface area (Å²) in [5.74, 6) is 0.619. The standard InChI is InChI=1S/C15H15NO2/c1-11(10-17)13-7-14(9-15(8-13)18-2)12-3-5-16-6-4-12/h3-11H,1-2H3. The highest BCUT2D eigenvalue weighted by molar-refractivity contribution is 5.69. The largest absolute Gasteiger partial charge is 0.497 e. The highest BCUT2D eigenvalue weighted by Gasteiger charge is 2.08. The second-order valence-corrected chi connectivity index (χ2v) is 4.16. The van der Waals surface area contributed by atoms with Gasteiger partial charge in [0.1, 0.15) is 12.0 Å². The third-order valence-electron chi connectivity index (χ3n) is 2.91. The van der Waals surface area contributed by atoms with Crippen LogP contribution in [0.15, 0.2) is 42.7 Å². The van der Waals surface area contributed by atoms with Gasteiger partial charge >= 0.3 is 0 Å². The molecular formula is C15H15NO2. The van der Waals surface area contributed by atoms with Crippen LogP contribution in [0.5, 0.6) is 5.75 Å². The number of ether oxygens (including phenoxy) is 1. The predicted molar refractivity (Wildman–Crippen MR) is 70.7 cm³/mol. The molecule has 0 saturated carbocycles. The molecule has 0 radical (unpaired) electrons. The zero-order valence-corrected chi connectivity index (χ0v) is 10.5. The Morgan fingerprint density at radius 1 is 1.17 bits per heavy atom. The van der Waals surface area contributed by atoms with Gasteiger partial charge in [0, 0.05) is 18.3 Å². The van der Waals surface area contributed by atoms with Crippen LogP contribution in [0.4, 0.5) is 0 Å². The normalized spacial score (nSPS) is 11.9. The van der Waals surface area contributed by atoms with Crippen LogP contribution in [-0.4, -0.2) is 18.4 Å². The number of rotatable bonds is 4. The molecule has 0 aliphatic heterocycles. The van der Waals surface area contributed by atoms with Crippen molar-refractivity contribution in [1.29, 1.82) is 0 Å². The maximum atomic E-state index is 10.9. The van der Waals surface area contributed by atoms with Gasteiger partial charge in [0.05, 0.1) is 7.11 Å². The van der Waals surface area contributed by atoms with E-state index in [4.69, 9.17) is 4.74 Å². The van der Waals surface area contributed by atoms with Gasteiger partial charge in [-0.3, -0.25) is 4.98 Å². The lowest BCUT2D eigenvalue weighted by atomic mass is 9.97. The fourth-order valence-corrected chi connectivity index (χ4v) is 1.79. The van der Waals surface area contributed by atoms with E-state index in [1.165, 1.54) is 0 Å². The van der Waals surface area contributed by atoms with Crippen LogP contribution in [0, 0.1) is 0 Å². The predicted octanol–water partition coefficient (Wildman–Crippen LogP) is 3.06. The van der Waals surface area contributed by atoms with Gasteiger partial charge in [0.15, 0.2) is 0 Å². The average molecular weight is 241 g/mol. The van der Waals surface area contributed by atoms with E-state index < -0.39 is 0 Å². The van der Waals surface area contributed by atoms with Gasteiger partial charge in [-0.25, -0.2) is 0 Å². The number of aldehydes is 1. The van der Waals surface area contributed by atoms with Gasteiger partial charge in [-0.1, -0.05) is 13.0 Å². The molecule has 0 amide bonds. The Balaban J connectivity index is 2.51. The molecular weight excluding hydrogens is 226 g/mol. The van der Waals surface area contributed by atoms with Crippen molar-refractivity contribution in [1.82, 2.24) is 4.98 Å². The molecule has 92 valence electrons. The minimum Gasteiger partial charge on any atom is -0.497 e. The quantitative estimate of drug-likeness (QED) is 0.772. The molecule has 1 aromatic heterocycles. The Labute approximate surface area is 106 Å². The minimum absolute atomic E-state index is 0.138. The summed E-state index contributed by atoms with van der Waals surface area (Å²) >= 11 is 0. The number of pyridine rings is 1. The fraction of sp³-hybridized carbons (Fsp3) is 0.200. The van der Waals surface area contributed by atoms with Crippen molar-refractivity contribution >= 4 is 6.29 Å². The number of nitrogens with zero attached hydrogens (tertiary/aromatic N) is 1. The van der Waals surface area contributed by atoms with Crippen LogP contribution in [0.25, 0.3) is 11.1 Å². The Bertz CT molecular complexity index is 537. The summed E-state index contributed by atoms with van der Waals surface area (Å²) < 4.78 is 5.28. The van der Waals surface area contributed by atoms with E-state index in [0.717, 1.165) is 28.7 Å².